The largest absolute Gasteiger partial charge is 0.279 e. The van der Waals surface area contributed by atoms with E-state index in [1.54, 1.807) is 12.1 Å². The number of imidazole rings is 2. The van der Waals surface area contributed by atoms with E-state index < -0.39 is 5.82 Å². The highest BCUT2D eigenvalue weighted by atomic mass is 35.5. The average Bonchev–Trinajstić information content (AvgIpc) is 3.36. The van der Waals surface area contributed by atoms with Gasteiger partial charge in [0, 0.05) is 11.3 Å². The van der Waals surface area contributed by atoms with E-state index in [-0.39, 0.29) is 5.02 Å². The maximum absolute atomic E-state index is 13.6. The van der Waals surface area contributed by atoms with Gasteiger partial charge in [-0.2, -0.15) is 5.26 Å². The first-order valence-electron chi connectivity index (χ1n) is 8.47. The van der Waals surface area contributed by atoms with Crippen LogP contribution in [0.3, 0.4) is 0 Å². The normalized spacial score (nSPS) is 13.1. The smallest absolute Gasteiger partial charge is 0.162 e. The third-order valence-electron chi connectivity index (χ3n) is 4.75. The zero-order valence-electron chi connectivity index (χ0n) is 14.0. The maximum atomic E-state index is 13.6. The van der Waals surface area contributed by atoms with Crippen LogP contribution in [0.15, 0.2) is 36.5 Å². The lowest BCUT2D eigenvalue weighted by atomic mass is 10.2. The Morgan fingerprint density at radius 3 is 2.89 bits per heavy atom. The molecule has 3 heterocycles. The molecule has 6 nitrogen and oxygen atoms in total. The Balaban J connectivity index is 1.76. The zero-order chi connectivity index (χ0) is 18.5. The van der Waals surface area contributed by atoms with Crippen LogP contribution < -0.4 is 0 Å². The molecule has 0 fully saturated rings. The summed E-state index contributed by atoms with van der Waals surface area (Å²) in [6.45, 7) is 0. The van der Waals surface area contributed by atoms with Crippen LogP contribution in [0.4, 0.5) is 4.39 Å². The van der Waals surface area contributed by atoms with Crippen LogP contribution in [0.5, 0.6) is 0 Å². The molecule has 0 atom stereocenters. The van der Waals surface area contributed by atoms with E-state index >= 15 is 0 Å². The molecule has 0 amide bonds. The first-order valence-corrected chi connectivity index (χ1v) is 8.84. The molecule has 132 valence electrons. The van der Waals surface area contributed by atoms with Crippen molar-refractivity contribution in [1.29, 1.82) is 5.26 Å². The number of aromatic nitrogens is 5. The number of benzene rings is 1. The van der Waals surface area contributed by atoms with E-state index in [9.17, 15) is 9.65 Å². The Bertz CT molecular complexity index is 1250. The summed E-state index contributed by atoms with van der Waals surface area (Å²) in [5, 5.41) is 13.9. The fourth-order valence-corrected chi connectivity index (χ4v) is 3.69. The standard InChI is InChI=1S/C19H12ClFN6/c20-13-8-11(4-5-14(13)21)19-24-15-2-1-3-16(15)26(19)18-7-6-17-23-10-12(9-22)27(17)25-18/h4-8,10H,1-3H2. The second-order valence-corrected chi connectivity index (χ2v) is 6.77. The second-order valence-electron chi connectivity index (χ2n) is 6.36. The molecule has 4 aromatic rings. The third kappa shape index (κ3) is 2.41. The van der Waals surface area contributed by atoms with E-state index in [1.165, 1.54) is 16.8 Å². The number of nitriles is 1. The first kappa shape index (κ1) is 16.0. The predicted octanol–water partition coefficient (Wildman–Crippen LogP) is 3.73. The molecule has 0 saturated heterocycles. The topological polar surface area (TPSA) is 71.8 Å². The summed E-state index contributed by atoms with van der Waals surface area (Å²) < 4.78 is 17.1. The monoisotopic (exact) mass is 378 g/mol. The first-order chi connectivity index (χ1) is 13.2. The van der Waals surface area contributed by atoms with Crippen molar-refractivity contribution in [1.82, 2.24) is 24.1 Å². The minimum atomic E-state index is -0.470. The van der Waals surface area contributed by atoms with E-state index in [2.05, 4.69) is 16.2 Å². The van der Waals surface area contributed by atoms with Gasteiger partial charge < -0.3 is 0 Å². The fraction of sp³-hybridized carbons (Fsp3) is 0.158. The lowest BCUT2D eigenvalue weighted by Crippen LogP contribution is -2.07. The molecule has 1 aliphatic carbocycles. The molecule has 8 heteroatoms. The molecule has 3 aromatic heterocycles. The van der Waals surface area contributed by atoms with Crippen LogP contribution in [0.2, 0.25) is 5.02 Å². The lowest BCUT2D eigenvalue weighted by Gasteiger charge is -2.11. The molecule has 1 aromatic carbocycles. The van der Waals surface area contributed by atoms with Gasteiger partial charge in [-0.3, -0.25) is 4.57 Å². The van der Waals surface area contributed by atoms with E-state index in [1.807, 2.05) is 16.7 Å². The number of hydrogen-bond acceptors (Lipinski definition) is 4. The van der Waals surface area contributed by atoms with Gasteiger partial charge in [-0.05, 0) is 49.6 Å². The summed E-state index contributed by atoms with van der Waals surface area (Å²) in [4.78, 5) is 8.95. The van der Waals surface area contributed by atoms with Gasteiger partial charge >= 0.3 is 0 Å². The van der Waals surface area contributed by atoms with Crippen LogP contribution in [0.1, 0.15) is 23.5 Å². The van der Waals surface area contributed by atoms with Crippen molar-refractivity contribution in [2.75, 3.05) is 0 Å². The van der Waals surface area contributed by atoms with Crippen molar-refractivity contribution in [3.8, 4) is 23.3 Å². The molecule has 0 saturated carbocycles. The van der Waals surface area contributed by atoms with Gasteiger partial charge in [0.25, 0.3) is 0 Å². The van der Waals surface area contributed by atoms with Gasteiger partial charge in [-0.25, -0.2) is 18.9 Å². The molecule has 0 aliphatic heterocycles. The van der Waals surface area contributed by atoms with Crippen molar-refractivity contribution in [3.63, 3.8) is 0 Å². The Kier molecular flexibility index (Phi) is 3.49. The minimum Gasteiger partial charge on any atom is -0.279 e. The van der Waals surface area contributed by atoms with Gasteiger partial charge in [0.1, 0.15) is 17.7 Å². The summed E-state index contributed by atoms with van der Waals surface area (Å²) in [6, 6.07) is 10.3. The molecule has 1 aliphatic rings. The van der Waals surface area contributed by atoms with Gasteiger partial charge in [-0.1, -0.05) is 11.6 Å². The number of aryl methyl sites for hydroxylation is 1. The van der Waals surface area contributed by atoms with Gasteiger partial charge in [0.15, 0.2) is 17.2 Å². The van der Waals surface area contributed by atoms with E-state index in [0.717, 1.165) is 30.7 Å². The number of fused-ring (bicyclic) bond motifs is 2. The SMILES string of the molecule is N#Cc1cnc2ccc(-n3c(-c4ccc(F)c(Cl)c4)nc4c3CCC4)nn12. The molecular weight excluding hydrogens is 367 g/mol. The van der Waals surface area contributed by atoms with Crippen molar-refractivity contribution < 1.29 is 4.39 Å². The maximum Gasteiger partial charge on any atom is 0.162 e. The van der Waals surface area contributed by atoms with Crippen LogP contribution >= 0.6 is 11.6 Å². The van der Waals surface area contributed by atoms with Gasteiger partial charge in [0.05, 0.1) is 16.9 Å². The fourth-order valence-electron chi connectivity index (χ4n) is 3.51. The highest BCUT2D eigenvalue weighted by Gasteiger charge is 2.24. The van der Waals surface area contributed by atoms with Crippen molar-refractivity contribution in [3.05, 3.63) is 64.5 Å². The Morgan fingerprint density at radius 1 is 1.19 bits per heavy atom. The van der Waals surface area contributed by atoms with Crippen molar-refractivity contribution >= 4 is 17.2 Å². The molecule has 5 rings (SSSR count). The van der Waals surface area contributed by atoms with Crippen LogP contribution in [-0.4, -0.2) is 24.1 Å². The number of nitrogens with zero attached hydrogens (tertiary/aromatic N) is 6. The number of rotatable bonds is 2. The number of hydrogen-bond donors (Lipinski definition) is 0. The minimum absolute atomic E-state index is 0.0481. The molecule has 0 unspecified atom stereocenters. The Morgan fingerprint density at radius 2 is 2.07 bits per heavy atom. The van der Waals surface area contributed by atoms with Crippen LogP contribution in [0, 0.1) is 17.1 Å². The van der Waals surface area contributed by atoms with E-state index in [4.69, 9.17) is 16.6 Å². The van der Waals surface area contributed by atoms with Crippen LogP contribution in [0.25, 0.3) is 22.9 Å². The predicted molar refractivity (Wildman–Crippen MR) is 97.3 cm³/mol. The van der Waals surface area contributed by atoms with Crippen LogP contribution in [-0.2, 0) is 12.8 Å². The highest BCUT2D eigenvalue weighted by Crippen LogP contribution is 2.32. The molecule has 0 N–H and O–H groups in total. The summed E-state index contributed by atoms with van der Waals surface area (Å²) in [5.41, 5.74) is 3.76. The molecule has 0 bridgehead atoms. The summed E-state index contributed by atoms with van der Waals surface area (Å²) >= 11 is 5.98. The Labute approximate surface area is 158 Å². The average molecular weight is 379 g/mol. The highest BCUT2D eigenvalue weighted by molar-refractivity contribution is 6.31. The van der Waals surface area contributed by atoms with Gasteiger partial charge in [0.2, 0.25) is 0 Å². The molecule has 0 radical (unpaired) electrons. The lowest BCUT2D eigenvalue weighted by molar-refractivity contribution is 0.628. The summed E-state index contributed by atoms with van der Waals surface area (Å²) in [5.74, 6) is 0.817. The summed E-state index contributed by atoms with van der Waals surface area (Å²) in [7, 11) is 0. The van der Waals surface area contributed by atoms with Gasteiger partial charge in [-0.15, -0.1) is 5.10 Å². The van der Waals surface area contributed by atoms with Crippen molar-refractivity contribution in [2.24, 2.45) is 0 Å². The Hall–Kier alpha value is -3.24. The quantitative estimate of drug-likeness (QED) is 0.532. The molecule has 0 spiro atoms. The summed E-state index contributed by atoms with van der Waals surface area (Å²) in [6.07, 6.45) is 4.29. The second kappa shape index (κ2) is 5.89. The van der Waals surface area contributed by atoms with E-state index in [0.29, 0.717) is 28.5 Å². The third-order valence-corrected chi connectivity index (χ3v) is 5.04. The zero-order valence-corrected chi connectivity index (χ0v) is 14.8. The molecular formula is C19H12ClFN6. The van der Waals surface area contributed by atoms with Crippen molar-refractivity contribution in [2.45, 2.75) is 19.3 Å². The number of halogens is 2. The molecule has 27 heavy (non-hydrogen) atoms.